The average molecular weight is 356 g/mol. The van der Waals surface area contributed by atoms with Crippen molar-refractivity contribution in [2.24, 2.45) is 0 Å². The zero-order valence-corrected chi connectivity index (χ0v) is 13.0. The number of aliphatic hydroxyl groups excluding tert-OH is 3. The number of nitro groups is 1. The predicted molar refractivity (Wildman–Crippen MR) is 82.4 cm³/mol. The summed E-state index contributed by atoms with van der Waals surface area (Å²) in [5.74, 6) is -1.59. The van der Waals surface area contributed by atoms with Crippen LogP contribution in [0, 0.1) is 10.1 Å². The summed E-state index contributed by atoms with van der Waals surface area (Å²) in [5.41, 5.74) is -0.918. The molecule has 2 atom stereocenters. The minimum atomic E-state index is -1.30. The molecule has 0 aliphatic carbocycles. The Morgan fingerprint density at radius 1 is 1.04 bits per heavy atom. The highest BCUT2D eigenvalue weighted by molar-refractivity contribution is 6.00. The Balaban J connectivity index is 2.98. The molecule has 0 heterocycles. The Hall–Kier alpha value is -2.60. The first-order chi connectivity index (χ1) is 11.8. The number of amides is 2. The van der Waals surface area contributed by atoms with Gasteiger partial charge in [-0.2, -0.15) is 0 Å². The average Bonchev–Trinajstić information content (AvgIpc) is 2.62. The largest absolute Gasteiger partial charge is 0.394 e. The predicted octanol–water partition coefficient (Wildman–Crippen LogP) is -1.80. The molecular weight excluding hydrogens is 338 g/mol. The Morgan fingerprint density at radius 2 is 1.52 bits per heavy atom. The standard InChI is InChI=1S/C14H18N3O8/c18-6-11(20)4-15-13(22)8-1-9(3-10(2-8)17(24)25)14(23)16-5-12(21)7-19/h1-3,11-12,18,20-21H,4-7H2,(H,15,22)(H,16,23). The minimum absolute atomic E-state index is 0.200. The van der Waals surface area contributed by atoms with Crippen molar-refractivity contribution in [2.75, 3.05) is 26.3 Å². The second-order valence-corrected chi connectivity index (χ2v) is 5.10. The molecule has 137 valence electrons. The summed E-state index contributed by atoms with van der Waals surface area (Å²) in [6.45, 7) is -2.02. The summed E-state index contributed by atoms with van der Waals surface area (Å²) in [6.07, 6.45) is -2.50. The Labute approximate surface area is 142 Å². The van der Waals surface area contributed by atoms with Crippen LogP contribution in [-0.4, -0.2) is 70.6 Å². The van der Waals surface area contributed by atoms with Gasteiger partial charge in [0.25, 0.3) is 17.5 Å². The molecule has 11 nitrogen and oxygen atoms in total. The maximum absolute atomic E-state index is 12.0. The first-order valence-corrected chi connectivity index (χ1v) is 7.19. The van der Waals surface area contributed by atoms with E-state index in [9.17, 15) is 29.9 Å². The summed E-state index contributed by atoms with van der Waals surface area (Å²) >= 11 is 0. The molecule has 2 unspecified atom stereocenters. The number of hydrogen-bond donors (Lipinski definition) is 5. The van der Waals surface area contributed by atoms with Gasteiger partial charge in [0.05, 0.1) is 23.7 Å². The maximum atomic E-state index is 12.0. The van der Waals surface area contributed by atoms with Gasteiger partial charge in [-0.15, -0.1) is 0 Å². The maximum Gasteiger partial charge on any atom is 0.271 e. The fourth-order valence-electron chi connectivity index (χ4n) is 1.73. The normalized spacial score (nSPS) is 13.0. The van der Waals surface area contributed by atoms with Crippen LogP contribution in [0.25, 0.3) is 0 Å². The molecular formula is C14H18N3O8. The number of aliphatic hydroxyl groups is 3. The van der Waals surface area contributed by atoms with Crippen molar-refractivity contribution in [1.82, 2.24) is 10.6 Å². The molecule has 1 aromatic carbocycles. The molecule has 1 radical (unpaired) electrons. The van der Waals surface area contributed by atoms with Gasteiger partial charge in [0.1, 0.15) is 6.61 Å². The van der Waals surface area contributed by atoms with Gasteiger partial charge < -0.3 is 26.0 Å². The zero-order chi connectivity index (χ0) is 19.0. The van der Waals surface area contributed by atoms with Gasteiger partial charge in [0, 0.05) is 36.3 Å². The number of nitrogens with one attached hydrogen (secondary N) is 2. The molecule has 1 rings (SSSR count). The number of non-ortho nitro benzene ring substituents is 1. The lowest BCUT2D eigenvalue weighted by atomic mass is 10.1. The number of carbonyl (C=O) groups excluding carboxylic acids is 2. The monoisotopic (exact) mass is 356 g/mol. The number of nitrogens with zero attached hydrogens (tertiary/aromatic N) is 1. The van der Waals surface area contributed by atoms with Gasteiger partial charge in [-0.25, -0.2) is 5.11 Å². The molecule has 0 spiro atoms. The van der Waals surface area contributed by atoms with Crippen molar-refractivity contribution in [3.63, 3.8) is 0 Å². The van der Waals surface area contributed by atoms with E-state index >= 15 is 0 Å². The molecule has 0 aromatic heterocycles. The molecule has 11 heteroatoms. The van der Waals surface area contributed by atoms with E-state index < -0.39 is 47.8 Å². The highest BCUT2D eigenvalue weighted by Gasteiger charge is 2.19. The van der Waals surface area contributed by atoms with E-state index in [1.54, 1.807) is 0 Å². The third-order valence-electron chi connectivity index (χ3n) is 3.05. The molecule has 0 saturated carbocycles. The quantitative estimate of drug-likeness (QED) is 0.255. The Kier molecular flexibility index (Phi) is 7.88. The zero-order valence-electron chi connectivity index (χ0n) is 13.0. The summed E-state index contributed by atoms with van der Waals surface area (Å²) < 4.78 is 0. The molecule has 2 amide bonds. The number of nitro benzene ring substituents is 1. The summed E-state index contributed by atoms with van der Waals surface area (Å²) in [4.78, 5) is 34.1. The van der Waals surface area contributed by atoms with E-state index in [4.69, 9.17) is 10.2 Å². The molecule has 0 aliphatic rings. The number of carbonyl (C=O) groups is 2. The van der Waals surface area contributed by atoms with Crippen LogP contribution in [0.4, 0.5) is 5.69 Å². The minimum Gasteiger partial charge on any atom is -0.394 e. The van der Waals surface area contributed by atoms with Crippen molar-refractivity contribution in [1.29, 1.82) is 0 Å². The van der Waals surface area contributed by atoms with Gasteiger partial charge in [0.15, 0.2) is 0 Å². The highest BCUT2D eigenvalue weighted by Crippen LogP contribution is 2.17. The lowest BCUT2D eigenvalue weighted by molar-refractivity contribution is -0.384. The first kappa shape index (κ1) is 20.4. The SMILES string of the molecule is [O]CC(O)CNC(=O)c1cc(C(=O)NCC(O)CO)cc([N+](=O)[O-])c1. The van der Waals surface area contributed by atoms with Gasteiger partial charge >= 0.3 is 0 Å². The van der Waals surface area contributed by atoms with Crippen molar-refractivity contribution < 1.29 is 34.9 Å². The van der Waals surface area contributed by atoms with Crippen molar-refractivity contribution in [3.8, 4) is 0 Å². The third kappa shape index (κ3) is 6.43. The van der Waals surface area contributed by atoms with Crippen LogP contribution >= 0.6 is 0 Å². The molecule has 25 heavy (non-hydrogen) atoms. The molecule has 0 aliphatic heterocycles. The van der Waals surface area contributed by atoms with Gasteiger partial charge in [0.2, 0.25) is 0 Å². The smallest absolute Gasteiger partial charge is 0.271 e. The van der Waals surface area contributed by atoms with Gasteiger partial charge in [-0.05, 0) is 6.07 Å². The fraction of sp³-hybridized carbons (Fsp3) is 0.429. The first-order valence-electron chi connectivity index (χ1n) is 7.19. The highest BCUT2D eigenvalue weighted by atomic mass is 16.6. The number of rotatable bonds is 9. The number of benzene rings is 1. The van der Waals surface area contributed by atoms with Crippen LogP contribution in [0.2, 0.25) is 0 Å². The summed E-state index contributed by atoms with van der Waals surface area (Å²) in [7, 11) is 0. The van der Waals surface area contributed by atoms with Crippen LogP contribution < -0.4 is 10.6 Å². The second-order valence-electron chi connectivity index (χ2n) is 5.10. The van der Waals surface area contributed by atoms with E-state index in [0.29, 0.717) is 0 Å². The second kappa shape index (κ2) is 9.64. The summed E-state index contributed by atoms with van der Waals surface area (Å²) in [6, 6.07) is 2.98. The third-order valence-corrected chi connectivity index (χ3v) is 3.05. The van der Waals surface area contributed by atoms with E-state index in [-0.39, 0.29) is 24.2 Å². The van der Waals surface area contributed by atoms with Crippen molar-refractivity contribution in [3.05, 3.63) is 39.4 Å². The van der Waals surface area contributed by atoms with Crippen LogP contribution in [0.1, 0.15) is 20.7 Å². The fourth-order valence-corrected chi connectivity index (χ4v) is 1.73. The van der Waals surface area contributed by atoms with Crippen LogP contribution in [0.5, 0.6) is 0 Å². The Bertz CT molecular complexity index is 592. The molecule has 0 bridgehead atoms. The Morgan fingerprint density at radius 3 is 1.92 bits per heavy atom. The van der Waals surface area contributed by atoms with Crippen LogP contribution in [-0.2, 0) is 5.11 Å². The van der Waals surface area contributed by atoms with Crippen LogP contribution in [0.3, 0.4) is 0 Å². The van der Waals surface area contributed by atoms with E-state index in [1.807, 2.05) is 0 Å². The molecule has 1 aromatic rings. The van der Waals surface area contributed by atoms with Crippen LogP contribution in [0.15, 0.2) is 18.2 Å². The van der Waals surface area contributed by atoms with Gasteiger partial charge in [-0.3, -0.25) is 19.7 Å². The molecule has 5 N–H and O–H groups in total. The van der Waals surface area contributed by atoms with E-state index in [0.717, 1.165) is 18.2 Å². The van der Waals surface area contributed by atoms with Crippen molar-refractivity contribution >= 4 is 17.5 Å². The lowest BCUT2D eigenvalue weighted by Crippen LogP contribution is -2.35. The lowest BCUT2D eigenvalue weighted by Gasteiger charge is -2.11. The van der Waals surface area contributed by atoms with E-state index in [1.165, 1.54) is 0 Å². The van der Waals surface area contributed by atoms with E-state index in [2.05, 4.69) is 10.6 Å². The number of hydrogen-bond acceptors (Lipinski definition) is 7. The van der Waals surface area contributed by atoms with Crippen molar-refractivity contribution in [2.45, 2.75) is 12.2 Å². The molecule has 0 saturated heterocycles. The van der Waals surface area contributed by atoms with Gasteiger partial charge in [-0.1, -0.05) is 0 Å². The molecule has 0 fully saturated rings. The topological polar surface area (TPSA) is 182 Å². The summed E-state index contributed by atoms with van der Waals surface area (Å²) in [5, 5.41) is 52.9.